The molecule has 10 nitrogen and oxygen atoms in total. The van der Waals surface area contributed by atoms with Gasteiger partial charge in [0, 0.05) is 18.6 Å². The molecule has 0 amide bonds. The SMILES string of the molecule is COc1cc(C2CCNCC2)ccc1Nc1ncc(F)c(Nc2ccc3nccnc3c2NS(C)=O)n1. The fraction of sp³-hybridized carbons (Fsp3) is 0.280. The number of anilines is 5. The average molecular weight is 523 g/mol. The van der Waals surface area contributed by atoms with Crippen LogP contribution < -0.4 is 25.4 Å². The number of aromatic nitrogens is 4. The molecule has 1 aliphatic rings. The van der Waals surface area contributed by atoms with Crippen molar-refractivity contribution >= 4 is 50.8 Å². The molecule has 12 heteroatoms. The average Bonchev–Trinajstić information content (AvgIpc) is 2.92. The van der Waals surface area contributed by atoms with Crippen LogP contribution in [0.2, 0.25) is 0 Å². The second-order valence-electron chi connectivity index (χ2n) is 8.59. The molecular weight excluding hydrogens is 495 g/mol. The Bertz CT molecular complexity index is 1450. The van der Waals surface area contributed by atoms with Gasteiger partial charge in [0.15, 0.2) is 11.6 Å². The quantitative estimate of drug-likeness (QED) is 0.269. The van der Waals surface area contributed by atoms with Crippen LogP contribution in [0.4, 0.5) is 33.2 Å². The Labute approximate surface area is 216 Å². The van der Waals surface area contributed by atoms with Gasteiger partial charge in [0.1, 0.15) is 22.3 Å². The highest BCUT2D eigenvalue weighted by molar-refractivity contribution is 7.85. The summed E-state index contributed by atoms with van der Waals surface area (Å²) in [5.41, 5.74) is 3.85. The third-order valence-corrected chi connectivity index (χ3v) is 6.66. The fourth-order valence-corrected chi connectivity index (χ4v) is 4.87. The summed E-state index contributed by atoms with van der Waals surface area (Å²) in [4.78, 5) is 17.0. The number of methoxy groups -OCH3 is 1. The molecule has 4 N–H and O–H groups in total. The molecule has 0 bridgehead atoms. The lowest BCUT2D eigenvalue weighted by atomic mass is 9.90. The lowest BCUT2D eigenvalue weighted by Crippen LogP contribution is -2.26. The maximum Gasteiger partial charge on any atom is 0.229 e. The molecule has 1 unspecified atom stereocenters. The van der Waals surface area contributed by atoms with Crippen LogP contribution in [0.25, 0.3) is 11.0 Å². The molecular formula is C25H27FN8O2S. The lowest BCUT2D eigenvalue weighted by molar-refractivity contribution is 0.413. The predicted octanol–water partition coefficient (Wildman–Crippen LogP) is 4.23. The number of ether oxygens (including phenoxy) is 1. The van der Waals surface area contributed by atoms with Crippen molar-refractivity contribution in [2.45, 2.75) is 18.8 Å². The first kappa shape index (κ1) is 24.8. The van der Waals surface area contributed by atoms with Crippen LogP contribution in [-0.2, 0) is 11.0 Å². The monoisotopic (exact) mass is 522 g/mol. The van der Waals surface area contributed by atoms with E-state index in [0.717, 1.165) is 32.1 Å². The standard InChI is InChI=1S/C25H27FN8O2S/c1-36-21-13-16(15-7-9-27-10-8-15)3-4-18(21)32-25-30-14-17(26)24(33-25)31-20-6-5-19-22(29-12-11-28-19)23(20)34-37(2)35/h3-6,11-15,27,34H,7-10H2,1-2H3,(H2,30,31,32,33). The van der Waals surface area contributed by atoms with Crippen LogP contribution in [0.1, 0.15) is 24.3 Å². The van der Waals surface area contributed by atoms with E-state index < -0.39 is 16.8 Å². The van der Waals surface area contributed by atoms with E-state index in [4.69, 9.17) is 4.74 Å². The number of nitrogens with zero attached hydrogens (tertiary/aromatic N) is 4. The number of halogens is 1. The number of piperidine rings is 1. The minimum absolute atomic E-state index is 0.0593. The van der Waals surface area contributed by atoms with Gasteiger partial charge in [-0.1, -0.05) is 6.07 Å². The van der Waals surface area contributed by atoms with E-state index in [1.807, 2.05) is 12.1 Å². The van der Waals surface area contributed by atoms with Crippen molar-refractivity contribution in [3.05, 3.63) is 60.3 Å². The zero-order valence-electron chi connectivity index (χ0n) is 20.4. The lowest BCUT2D eigenvalue weighted by Gasteiger charge is -2.24. The Kier molecular flexibility index (Phi) is 7.37. The summed E-state index contributed by atoms with van der Waals surface area (Å²) >= 11 is 0. The molecule has 37 heavy (non-hydrogen) atoms. The minimum Gasteiger partial charge on any atom is -0.495 e. The number of rotatable bonds is 8. The predicted molar refractivity (Wildman–Crippen MR) is 144 cm³/mol. The molecule has 1 fully saturated rings. The Morgan fingerprint density at radius 3 is 2.62 bits per heavy atom. The van der Waals surface area contributed by atoms with Gasteiger partial charge in [0.25, 0.3) is 0 Å². The molecule has 1 aliphatic heterocycles. The normalized spacial score (nSPS) is 14.8. The van der Waals surface area contributed by atoms with E-state index >= 15 is 0 Å². The smallest absolute Gasteiger partial charge is 0.229 e. The van der Waals surface area contributed by atoms with Gasteiger partial charge in [-0.25, -0.2) is 13.6 Å². The van der Waals surface area contributed by atoms with E-state index in [1.165, 1.54) is 18.0 Å². The molecule has 192 valence electrons. The van der Waals surface area contributed by atoms with Crippen LogP contribution in [0, 0.1) is 5.82 Å². The molecule has 4 aromatic rings. The maximum absolute atomic E-state index is 14.8. The first-order valence-corrected chi connectivity index (χ1v) is 13.4. The molecule has 0 spiro atoms. The summed E-state index contributed by atoms with van der Waals surface area (Å²) in [6.07, 6.45) is 7.84. The second-order valence-corrected chi connectivity index (χ2v) is 9.70. The summed E-state index contributed by atoms with van der Waals surface area (Å²) in [6, 6.07) is 9.46. The Hall–Kier alpha value is -3.90. The number of hydrogen-bond donors (Lipinski definition) is 4. The van der Waals surface area contributed by atoms with Gasteiger partial charge in [0.2, 0.25) is 5.95 Å². The number of fused-ring (bicyclic) bond motifs is 1. The Balaban J connectivity index is 1.42. The van der Waals surface area contributed by atoms with E-state index in [-0.39, 0.29) is 11.8 Å². The molecule has 2 aromatic heterocycles. The van der Waals surface area contributed by atoms with Crippen LogP contribution in [0.3, 0.4) is 0 Å². The molecule has 3 heterocycles. The van der Waals surface area contributed by atoms with Crippen molar-refractivity contribution in [3.63, 3.8) is 0 Å². The summed E-state index contributed by atoms with van der Waals surface area (Å²) in [5, 5.41) is 9.49. The Morgan fingerprint density at radius 2 is 1.84 bits per heavy atom. The van der Waals surface area contributed by atoms with Crippen LogP contribution in [-0.4, -0.2) is 50.6 Å². The van der Waals surface area contributed by atoms with Gasteiger partial charge in [-0.3, -0.25) is 9.97 Å². The van der Waals surface area contributed by atoms with Gasteiger partial charge >= 0.3 is 0 Å². The van der Waals surface area contributed by atoms with Crippen molar-refractivity contribution in [2.24, 2.45) is 0 Å². The molecule has 0 saturated carbocycles. The summed E-state index contributed by atoms with van der Waals surface area (Å²) in [6.45, 7) is 2.00. The van der Waals surface area contributed by atoms with E-state index in [0.29, 0.717) is 39.8 Å². The summed E-state index contributed by atoms with van der Waals surface area (Å²) in [5.74, 6) is 0.612. The van der Waals surface area contributed by atoms with Gasteiger partial charge in [-0.15, -0.1) is 0 Å². The van der Waals surface area contributed by atoms with Gasteiger partial charge in [0.05, 0.1) is 35.9 Å². The maximum atomic E-state index is 14.8. The van der Waals surface area contributed by atoms with Crippen molar-refractivity contribution in [3.8, 4) is 5.75 Å². The van der Waals surface area contributed by atoms with E-state index in [2.05, 4.69) is 46.7 Å². The highest BCUT2D eigenvalue weighted by atomic mass is 32.2. The minimum atomic E-state index is -1.40. The van der Waals surface area contributed by atoms with Gasteiger partial charge < -0.3 is 25.4 Å². The van der Waals surface area contributed by atoms with Crippen molar-refractivity contribution in [2.75, 3.05) is 41.8 Å². The number of hydrogen-bond acceptors (Lipinski definition) is 9. The molecule has 2 aromatic carbocycles. The molecule has 0 radical (unpaired) electrons. The largest absolute Gasteiger partial charge is 0.495 e. The Morgan fingerprint density at radius 1 is 1.05 bits per heavy atom. The summed E-state index contributed by atoms with van der Waals surface area (Å²) < 4.78 is 35.2. The highest BCUT2D eigenvalue weighted by Gasteiger charge is 2.18. The zero-order valence-corrected chi connectivity index (χ0v) is 21.2. The third kappa shape index (κ3) is 5.59. The molecule has 5 rings (SSSR count). The number of benzene rings is 2. The van der Waals surface area contributed by atoms with E-state index in [1.54, 1.807) is 25.4 Å². The van der Waals surface area contributed by atoms with E-state index in [9.17, 15) is 8.60 Å². The topological polar surface area (TPSA) is 126 Å². The summed E-state index contributed by atoms with van der Waals surface area (Å²) in [7, 11) is 0.212. The zero-order chi connectivity index (χ0) is 25.8. The highest BCUT2D eigenvalue weighted by Crippen LogP contribution is 2.35. The third-order valence-electron chi connectivity index (χ3n) is 6.17. The van der Waals surface area contributed by atoms with Gasteiger partial charge in [-0.05, 0) is 61.7 Å². The molecule has 1 atom stereocenters. The first-order valence-electron chi connectivity index (χ1n) is 11.8. The van der Waals surface area contributed by atoms with Crippen LogP contribution in [0.15, 0.2) is 48.9 Å². The van der Waals surface area contributed by atoms with Crippen molar-refractivity contribution in [1.82, 2.24) is 25.3 Å². The van der Waals surface area contributed by atoms with Crippen LogP contribution in [0.5, 0.6) is 5.75 Å². The molecule has 1 saturated heterocycles. The van der Waals surface area contributed by atoms with Crippen molar-refractivity contribution < 1.29 is 13.3 Å². The fourth-order valence-electron chi connectivity index (χ4n) is 4.37. The molecule has 0 aliphatic carbocycles. The second kappa shape index (κ2) is 11.0. The van der Waals surface area contributed by atoms with Crippen molar-refractivity contribution in [1.29, 1.82) is 0 Å². The van der Waals surface area contributed by atoms with Crippen LogP contribution >= 0.6 is 0 Å². The first-order chi connectivity index (χ1) is 18.0. The van der Waals surface area contributed by atoms with Gasteiger partial charge in [-0.2, -0.15) is 4.98 Å². The number of nitrogens with one attached hydrogen (secondary N) is 4.